The van der Waals surface area contributed by atoms with E-state index in [0.29, 0.717) is 25.3 Å². The summed E-state index contributed by atoms with van der Waals surface area (Å²) in [5, 5.41) is 13.6. The van der Waals surface area contributed by atoms with Crippen LogP contribution in [0.3, 0.4) is 0 Å². The lowest BCUT2D eigenvalue weighted by atomic mass is 9.99. The zero-order chi connectivity index (χ0) is 25.7. The number of carbonyl (C=O) groups is 1. The van der Waals surface area contributed by atoms with Crippen LogP contribution < -0.4 is 0 Å². The van der Waals surface area contributed by atoms with Crippen molar-refractivity contribution in [2.24, 2.45) is 11.1 Å². The maximum Gasteiger partial charge on any atom is 0.307 e. The average molecular weight is 491 g/mol. The fraction of sp³-hybridized carbons (Fsp3) is 0.357. The smallest absolute Gasteiger partial charge is 0.307 e. The minimum Gasteiger partial charge on any atom is -0.481 e. The molecule has 2 aromatic carbocycles. The van der Waals surface area contributed by atoms with Gasteiger partial charge in [-0.15, -0.1) is 0 Å². The van der Waals surface area contributed by atoms with E-state index in [2.05, 4.69) is 39.1 Å². The SMILES string of the molecule is CCc1cc(/C(C)=N/OCc2ccc(-c3cnc(F)cn3)c(C)c2)ccc1CN1CC[C@H](C(=O)O)C1. The van der Waals surface area contributed by atoms with Crippen molar-refractivity contribution < 1.29 is 19.1 Å². The average Bonchev–Trinajstić information content (AvgIpc) is 3.34. The maximum atomic E-state index is 13.1. The number of benzene rings is 2. The second-order valence-corrected chi connectivity index (χ2v) is 9.22. The summed E-state index contributed by atoms with van der Waals surface area (Å²) in [6, 6.07) is 12.2. The Bertz CT molecular complexity index is 1260. The summed E-state index contributed by atoms with van der Waals surface area (Å²) in [5.74, 6) is -1.57. The van der Waals surface area contributed by atoms with E-state index in [4.69, 9.17) is 4.84 Å². The molecule has 8 heteroatoms. The molecule has 0 saturated carbocycles. The first-order chi connectivity index (χ1) is 17.3. The van der Waals surface area contributed by atoms with Crippen molar-refractivity contribution in [3.8, 4) is 11.3 Å². The number of carboxylic acids is 1. The van der Waals surface area contributed by atoms with E-state index in [1.165, 1.54) is 17.3 Å². The molecular formula is C28H31FN4O3. The highest BCUT2D eigenvalue weighted by Gasteiger charge is 2.28. The van der Waals surface area contributed by atoms with Crippen LogP contribution in [0.1, 0.15) is 48.1 Å². The Morgan fingerprint density at radius 1 is 1.19 bits per heavy atom. The van der Waals surface area contributed by atoms with Crippen LogP contribution in [0.25, 0.3) is 11.3 Å². The number of aliphatic carboxylic acids is 1. The monoisotopic (exact) mass is 490 g/mol. The number of oxime groups is 1. The van der Waals surface area contributed by atoms with Crippen LogP contribution >= 0.6 is 0 Å². The summed E-state index contributed by atoms with van der Waals surface area (Å²) in [5.41, 5.74) is 7.73. The lowest BCUT2D eigenvalue weighted by Crippen LogP contribution is -2.23. The fourth-order valence-corrected chi connectivity index (χ4v) is 4.56. The zero-order valence-electron chi connectivity index (χ0n) is 20.9. The number of halogens is 1. The van der Waals surface area contributed by atoms with Gasteiger partial charge in [0.2, 0.25) is 5.95 Å². The minimum atomic E-state index is -0.705. The predicted molar refractivity (Wildman–Crippen MR) is 136 cm³/mol. The van der Waals surface area contributed by atoms with Gasteiger partial charge in [-0.3, -0.25) is 9.69 Å². The van der Waals surface area contributed by atoms with Crippen molar-refractivity contribution in [2.45, 2.75) is 46.8 Å². The Morgan fingerprint density at radius 3 is 2.69 bits per heavy atom. The molecule has 1 atom stereocenters. The van der Waals surface area contributed by atoms with Gasteiger partial charge < -0.3 is 9.94 Å². The Balaban J connectivity index is 1.38. The highest BCUT2D eigenvalue weighted by atomic mass is 19.1. The molecule has 0 aliphatic carbocycles. The van der Waals surface area contributed by atoms with Crippen LogP contribution in [0.15, 0.2) is 53.9 Å². The van der Waals surface area contributed by atoms with E-state index in [0.717, 1.165) is 53.7 Å². The second kappa shape index (κ2) is 11.4. The molecule has 2 heterocycles. The molecular weight excluding hydrogens is 459 g/mol. The fourth-order valence-electron chi connectivity index (χ4n) is 4.56. The molecule has 1 saturated heterocycles. The Hall–Kier alpha value is -3.65. The van der Waals surface area contributed by atoms with Crippen LogP contribution in [-0.2, 0) is 29.2 Å². The molecule has 0 amide bonds. The second-order valence-electron chi connectivity index (χ2n) is 9.22. The third-order valence-corrected chi connectivity index (χ3v) is 6.64. The molecule has 1 aromatic heterocycles. The van der Waals surface area contributed by atoms with Gasteiger partial charge in [0.15, 0.2) is 0 Å². The first-order valence-electron chi connectivity index (χ1n) is 12.2. The van der Waals surface area contributed by atoms with Gasteiger partial charge in [0, 0.05) is 18.7 Å². The highest BCUT2D eigenvalue weighted by molar-refractivity contribution is 5.98. The Morgan fingerprint density at radius 2 is 2.03 bits per heavy atom. The van der Waals surface area contributed by atoms with E-state index in [9.17, 15) is 14.3 Å². The topological polar surface area (TPSA) is 87.9 Å². The van der Waals surface area contributed by atoms with Crippen molar-refractivity contribution in [1.82, 2.24) is 14.9 Å². The maximum absolute atomic E-state index is 13.1. The van der Waals surface area contributed by atoms with Crippen LogP contribution in [0.5, 0.6) is 0 Å². The van der Waals surface area contributed by atoms with Crippen LogP contribution in [0.4, 0.5) is 4.39 Å². The zero-order valence-corrected chi connectivity index (χ0v) is 20.9. The molecule has 1 N–H and O–H groups in total. The van der Waals surface area contributed by atoms with Crippen molar-refractivity contribution >= 4 is 11.7 Å². The standard InChI is InChI=1S/C28H31FN4O3/c1-4-21-12-22(6-7-23(21)15-33-10-9-24(16-33)28(34)35)19(3)32-36-17-20-5-8-25(18(2)11-20)26-13-31-27(29)14-30-26/h5-8,11-14,24H,4,9-10,15-17H2,1-3H3,(H,34,35)/b32-19+/t24-/m0/s1. The molecule has 1 aliphatic heterocycles. The summed E-state index contributed by atoms with van der Waals surface area (Å²) in [4.78, 5) is 26.9. The van der Waals surface area contributed by atoms with Gasteiger partial charge in [0.05, 0.1) is 29.7 Å². The number of nitrogens with zero attached hydrogens (tertiary/aromatic N) is 4. The van der Waals surface area contributed by atoms with Crippen LogP contribution in [-0.4, -0.2) is 44.7 Å². The third kappa shape index (κ3) is 6.12. The van der Waals surface area contributed by atoms with Gasteiger partial charge in [-0.2, -0.15) is 4.39 Å². The van der Waals surface area contributed by atoms with E-state index in [1.54, 1.807) is 0 Å². The Kier molecular flexibility index (Phi) is 8.05. The molecule has 0 unspecified atom stereocenters. The first-order valence-corrected chi connectivity index (χ1v) is 12.2. The highest BCUT2D eigenvalue weighted by Crippen LogP contribution is 2.23. The summed E-state index contributed by atoms with van der Waals surface area (Å²) in [6.07, 6.45) is 4.13. The van der Waals surface area contributed by atoms with Gasteiger partial charge in [-0.25, -0.2) is 9.97 Å². The van der Waals surface area contributed by atoms with Gasteiger partial charge >= 0.3 is 5.97 Å². The molecule has 36 heavy (non-hydrogen) atoms. The van der Waals surface area contributed by atoms with E-state index in [-0.39, 0.29) is 5.92 Å². The number of rotatable bonds is 9. The largest absolute Gasteiger partial charge is 0.481 e. The normalized spacial score (nSPS) is 16.3. The third-order valence-electron chi connectivity index (χ3n) is 6.64. The quantitative estimate of drug-likeness (QED) is 0.335. The molecule has 0 bridgehead atoms. The lowest BCUT2D eigenvalue weighted by Gasteiger charge is -2.18. The molecule has 7 nitrogen and oxygen atoms in total. The van der Waals surface area contributed by atoms with Gasteiger partial charge in [0.25, 0.3) is 0 Å². The van der Waals surface area contributed by atoms with Crippen LogP contribution in [0.2, 0.25) is 0 Å². The summed E-state index contributed by atoms with van der Waals surface area (Å²) >= 11 is 0. The minimum absolute atomic E-state index is 0.266. The molecule has 4 rings (SSSR count). The molecule has 0 radical (unpaired) electrons. The van der Waals surface area contributed by atoms with Gasteiger partial charge in [-0.05, 0) is 67.1 Å². The van der Waals surface area contributed by atoms with E-state index in [1.807, 2.05) is 38.1 Å². The van der Waals surface area contributed by atoms with E-state index >= 15 is 0 Å². The number of hydrogen-bond donors (Lipinski definition) is 1. The Labute approximate surface area is 210 Å². The molecule has 0 spiro atoms. The number of aryl methyl sites for hydroxylation is 2. The van der Waals surface area contributed by atoms with Crippen molar-refractivity contribution in [2.75, 3.05) is 13.1 Å². The van der Waals surface area contributed by atoms with Crippen molar-refractivity contribution in [3.63, 3.8) is 0 Å². The summed E-state index contributed by atoms with van der Waals surface area (Å²) in [7, 11) is 0. The first kappa shape index (κ1) is 25.4. The van der Waals surface area contributed by atoms with Crippen LogP contribution in [0, 0.1) is 18.8 Å². The van der Waals surface area contributed by atoms with E-state index < -0.39 is 11.9 Å². The number of hydrogen-bond acceptors (Lipinski definition) is 6. The molecule has 1 aliphatic rings. The molecule has 3 aromatic rings. The number of likely N-dealkylation sites (tertiary alicyclic amines) is 1. The molecule has 1 fully saturated rings. The number of carboxylic acid groups (broad SMARTS) is 1. The van der Waals surface area contributed by atoms with Crippen molar-refractivity contribution in [1.29, 1.82) is 0 Å². The van der Waals surface area contributed by atoms with Gasteiger partial charge in [0.1, 0.15) is 6.61 Å². The number of aromatic nitrogens is 2. The van der Waals surface area contributed by atoms with Gasteiger partial charge in [-0.1, -0.05) is 42.4 Å². The molecule has 188 valence electrons. The van der Waals surface area contributed by atoms with Crippen molar-refractivity contribution in [3.05, 3.63) is 82.6 Å². The lowest BCUT2D eigenvalue weighted by molar-refractivity contribution is -0.141. The predicted octanol–water partition coefficient (Wildman–Crippen LogP) is 5.00. The summed E-state index contributed by atoms with van der Waals surface area (Å²) < 4.78 is 13.1. The summed E-state index contributed by atoms with van der Waals surface area (Å²) in [6.45, 7) is 8.52.